The van der Waals surface area contributed by atoms with Gasteiger partial charge in [-0.3, -0.25) is 9.78 Å². The van der Waals surface area contributed by atoms with Gasteiger partial charge < -0.3 is 5.32 Å². The fourth-order valence-electron chi connectivity index (χ4n) is 3.77. The van der Waals surface area contributed by atoms with Crippen LogP contribution in [-0.2, 0) is 11.2 Å². The third-order valence-corrected chi connectivity index (χ3v) is 5.40. The van der Waals surface area contributed by atoms with Gasteiger partial charge in [0.2, 0.25) is 5.91 Å². The number of benzene rings is 1. The number of allylic oxidation sites excluding steroid dienone is 5. The van der Waals surface area contributed by atoms with Crippen molar-refractivity contribution in [2.45, 2.75) is 19.8 Å². The fraction of sp³-hybridized carbons (Fsp3) is 0.160. The summed E-state index contributed by atoms with van der Waals surface area (Å²) in [5.41, 5.74) is 5.29. The largest absolute Gasteiger partial charge is 0.353 e. The van der Waals surface area contributed by atoms with Gasteiger partial charge in [0.15, 0.2) is 11.5 Å². The minimum Gasteiger partial charge on any atom is -0.353 e. The maximum Gasteiger partial charge on any atom is 0.247 e. The lowest BCUT2D eigenvalue weighted by Gasteiger charge is -2.06. The third-order valence-electron chi connectivity index (χ3n) is 5.40. The molecule has 3 heterocycles. The second-order valence-corrected chi connectivity index (χ2v) is 7.59. The molecule has 4 aromatic rings. The molecule has 5 rings (SSSR count). The van der Waals surface area contributed by atoms with Crippen LogP contribution in [0.25, 0.3) is 22.1 Å². The molecule has 7 heteroatoms. The van der Waals surface area contributed by atoms with Crippen LogP contribution in [0.2, 0.25) is 0 Å². The molecule has 7 nitrogen and oxygen atoms in total. The predicted molar refractivity (Wildman–Crippen MR) is 124 cm³/mol. The van der Waals surface area contributed by atoms with E-state index in [4.69, 9.17) is 5.10 Å². The summed E-state index contributed by atoms with van der Waals surface area (Å²) >= 11 is 0. The van der Waals surface area contributed by atoms with E-state index in [0.29, 0.717) is 25.0 Å². The van der Waals surface area contributed by atoms with Crippen LogP contribution >= 0.6 is 0 Å². The van der Waals surface area contributed by atoms with E-state index >= 15 is 0 Å². The summed E-state index contributed by atoms with van der Waals surface area (Å²) in [6.45, 7) is 2.52. The summed E-state index contributed by atoms with van der Waals surface area (Å²) in [7, 11) is 0. The van der Waals surface area contributed by atoms with Gasteiger partial charge in [0.25, 0.3) is 0 Å². The van der Waals surface area contributed by atoms with Crippen LogP contribution in [0.15, 0.2) is 78.5 Å². The maximum atomic E-state index is 12.2. The number of carbonyl (C=O) groups excluding carboxylic acids is 1. The number of pyridine rings is 1. The number of aromatic nitrogens is 5. The van der Waals surface area contributed by atoms with Gasteiger partial charge in [-0.1, -0.05) is 36.4 Å². The summed E-state index contributed by atoms with van der Waals surface area (Å²) < 4.78 is 1.79. The standard InChI is InChI=1S/C25H22N6O/c1-2-26-25(32)19-6-3-5-18(9-10-19)22-12-13-23-28-29-24(31(23)30-22)16-17-8-11-21-20(15-17)7-4-14-27-21/h3-9,11-15H,2,10,16H2,1H3,(H,26,32). The SMILES string of the molecule is CCNC(=O)C1=CC=CC(c2ccc3nnc(Cc4ccc5ncccc5c4)n3n2)=CC1. The molecule has 1 aromatic carbocycles. The van der Waals surface area contributed by atoms with Crippen LogP contribution in [0.3, 0.4) is 0 Å². The molecule has 0 aliphatic heterocycles. The average Bonchev–Trinajstić information content (AvgIpc) is 3.04. The predicted octanol–water partition coefficient (Wildman–Crippen LogP) is 3.67. The molecule has 1 N–H and O–H groups in total. The fourth-order valence-corrected chi connectivity index (χ4v) is 3.77. The molecule has 32 heavy (non-hydrogen) atoms. The molecular weight excluding hydrogens is 400 g/mol. The minimum atomic E-state index is -0.0373. The number of nitrogens with one attached hydrogen (secondary N) is 1. The first-order valence-electron chi connectivity index (χ1n) is 10.6. The molecule has 0 atom stereocenters. The zero-order valence-electron chi connectivity index (χ0n) is 17.7. The highest BCUT2D eigenvalue weighted by atomic mass is 16.1. The number of fused-ring (bicyclic) bond motifs is 2. The van der Waals surface area contributed by atoms with Crippen molar-refractivity contribution in [3.63, 3.8) is 0 Å². The first-order valence-corrected chi connectivity index (χ1v) is 10.6. The summed E-state index contributed by atoms with van der Waals surface area (Å²) in [5.74, 6) is 0.731. The zero-order chi connectivity index (χ0) is 21.9. The van der Waals surface area contributed by atoms with Crippen LogP contribution in [0.5, 0.6) is 0 Å². The Morgan fingerprint density at radius 1 is 1.16 bits per heavy atom. The number of rotatable bonds is 5. The third kappa shape index (κ3) is 3.92. The van der Waals surface area contributed by atoms with Crippen molar-refractivity contribution in [3.05, 3.63) is 95.6 Å². The Balaban J connectivity index is 1.43. The molecule has 1 amide bonds. The van der Waals surface area contributed by atoms with E-state index < -0.39 is 0 Å². The molecule has 1 aliphatic carbocycles. The van der Waals surface area contributed by atoms with Gasteiger partial charge in [0.1, 0.15) is 0 Å². The molecule has 0 bridgehead atoms. The molecule has 0 radical (unpaired) electrons. The van der Waals surface area contributed by atoms with Crippen molar-refractivity contribution in [2.24, 2.45) is 0 Å². The molecule has 1 aliphatic rings. The number of hydrogen-bond donors (Lipinski definition) is 1. The Morgan fingerprint density at radius 3 is 3.00 bits per heavy atom. The van der Waals surface area contributed by atoms with E-state index in [1.54, 1.807) is 10.7 Å². The Labute approximate surface area is 185 Å². The van der Waals surface area contributed by atoms with E-state index in [9.17, 15) is 4.79 Å². The van der Waals surface area contributed by atoms with Crippen molar-refractivity contribution in [3.8, 4) is 0 Å². The molecular formula is C25H22N6O. The van der Waals surface area contributed by atoms with Crippen molar-refractivity contribution >= 4 is 28.0 Å². The number of carbonyl (C=O) groups is 1. The van der Waals surface area contributed by atoms with E-state index in [2.05, 4.69) is 38.7 Å². The summed E-state index contributed by atoms with van der Waals surface area (Å²) in [6.07, 6.45) is 10.7. The number of hydrogen-bond acceptors (Lipinski definition) is 5. The quantitative estimate of drug-likeness (QED) is 0.530. The van der Waals surface area contributed by atoms with Crippen molar-refractivity contribution < 1.29 is 4.79 Å². The topological polar surface area (TPSA) is 85.1 Å². The summed E-state index contributed by atoms with van der Waals surface area (Å²) in [6, 6.07) is 14.0. The lowest BCUT2D eigenvalue weighted by atomic mass is 10.1. The molecule has 0 unspecified atom stereocenters. The Morgan fingerprint density at radius 2 is 2.09 bits per heavy atom. The van der Waals surface area contributed by atoms with Gasteiger partial charge in [-0.25, -0.2) is 0 Å². The van der Waals surface area contributed by atoms with Crippen molar-refractivity contribution in [2.75, 3.05) is 6.54 Å². The Kier molecular flexibility index (Phi) is 5.29. The highest BCUT2D eigenvalue weighted by Crippen LogP contribution is 2.21. The van der Waals surface area contributed by atoms with Gasteiger partial charge in [0.05, 0.1) is 11.2 Å². The Bertz CT molecular complexity index is 1410. The summed E-state index contributed by atoms with van der Waals surface area (Å²) in [4.78, 5) is 16.5. The van der Waals surface area contributed by atoms with Gasteiger partial charge >= 0.3 is 0 Å². The van der Waals surface area contributed by atoms with E-state index in [-0.39, 0.29) is 5.91 Å². The molecule has 0 fully saturated rings. The van der Waals surface area contributed by atoms with Crippen LogP contribution in [0, 0.1) is 0 Å². The lowest BCUT2D eigenvalue weighted by molar-refractivity contribution is -0.117. The normalized spacial score (nSPS) is 13.7. The number of likely N-dealkylation sites (N-methyl/N-ethyl adjacent to an activating group) is 1. The second kappa shape index (κ2) is 8.55. The van der Waals surface area contributed by atoms with Gasteiger partial charge in [-0.15, -0.1) is 10.2 Å². The zero-order valence-corrected chi connectivity index (χ0v) is 17.7. The van der Waals surface area contributed by atoms with Crippen molar-refractivity contribution in [1.82, 2.24) is 30.1 Å². The highest BCUT2D eigenvalue weighted by molar-refractivity contribution is 5.94. The first kappa shape index (κ1) is 19.8. The monoisotopic (exact) mass is 422 g/mol. The Hall–Kier alpha value is -4.13. The van der Waals surface area contributed by atoms with Gasteiger partial charge in [0, 0.05) is 30.1 Å². The average molecular weight is 422 g/mol. The van der Waals surface area contributed by atoms with E-state index in [1.165, 1.54) is 0 Å². The van der Waals surface area contributed by atoms with Crippen LogP contribution in [0.4, 0.5) is 0 Å². The highest BCUT2D eigenvalue weighted by Gasteiger charge is 2.13. The number of amides is 1. The number of nitrogens with zero attached hydrogens (tertiary/aromatic N) is 5. The van der Waals surface area contributed by atoms with Crippen molar-refractivity contribution in [1.29, 1.82) is 0 Å². The van der Waals surface area contributed by atoms with Crippen LogP contribution < -0.4 is 5.32 Å². The first-order chi connectivity index (χ1) is 15.7. The second-order valence-electron chi connectivity index (χ2n) is 7.59. The van der Waals surface area contributed by atoms with Gasteiger partial charge in [-0.05, 0) is 54.8 Å². The van der Waals surface area contributed by atoms with E-state index in [1.807, 2.05) is 55.5 Å². The van der Waals surface area contributed by atoms with Gasteiger partial charge in [-0.2, -0.15) is 9.61 Å². The molecule has 158 valence electrons. The summed E-state index contributed by atoms with van der Waals surface area (Å²) in [5, 5.41) is 17.4. The minimum absolute atomic E-state index is 0.0373. The smallest absolute Gasteiger partial charge is 0.247 e. The maximum absolute atomic E-state index is 12.2. The van der Waals surface area contributed by atoms with E-state index in [0.717, 1.165) is 39.1 Å². The lowest BCUT2D eigenvalue weighted by Crippen LogP contribution is -2.24. The molecule has 3 aromatic heterocycles. The van der Waals surface area contributed by atoms with Crippen LogP contribution in [0.1, 0.15) is 30.4 Å². The molecule has 0 saturated heterocycles. The molecule has 0 saturated carbocycles. The van der Waals surface area contributed by atoms with Crippen LogP contribution in [-0.4, -0.2) is 37.2 Å². The molecule has 0 spiro atoms.